The highest BCUT2D eigenvalue weighted by Crippen LogP contribution is 2.35. The van der Waals surface area contributed by atoms with E-state index >= 15 is 0 Å². The van der Waals surface area contributed by atoms with E-state index < -0.39 is 0 Å². The van der Waals surface area contributed by atoms with Crippen molar-refractivity contribution in [3.8, 4) is 11.3 Å². The summed E-state index contributed by atoms with van der Waals surface area (Å²) in [7, 11) is 0. The Bertz CT molecular complexity index is 1190. The number of hydrogen-bond acceptors (Lipinski definition) is 4. The lowest BCUT2D eigenvalue weighted by Gasteiger charge is -2.01. The second-order valence-corrected chi connectivity index (χ2v) is 8.62. The van der Waals surface area contributed by atoms with Crippen LogP contribution < -0.4 is 5.32 Å². The summed E-state index contributed by atoms with van der Waals surface area (Å²) in [6.07, 6.45) is 1.63. The summed E-state index contributed by atoms with van der Waals surface area (Å²) in [5, 5.41) is 5.09. The molecule has 0 saturated carbocycles. The minimum atomic E-state index is -0.280. The Kier molecular flexibility index (Phi) is 5.95. The van der Waals surface area contributed by atoms with Gasteiger partial charge in [0.1, 0.15) is 11.5 Å². The van der Waals surface area contributed by atoms with Crippen LogP contribution in [0, 0.1) is 0 Å². The Balaban J connectivity index is 1.58. The van der Waals surface area contributed by atoms with Crippen molar-refractivity contribution >= 4 is 81.0 Å². The molecule has 4 rings (SSSR count). The van der Waals surface area contributed by atoms with Gasteiger partial charge in [-0.15, -0.1) is 0 Å². The van der Waals surface area contributed by atoms with E-state index in [1.165, 1.54) is 11.8 Å². The number of hydrogen-bond donors (Lipinski definition) is 1. The van der Waals surface area contributed by atoms with E-state index in [0.29, 0.717) is 52.9 Å². The number of carbonyl (C=O) groups excluding carboxylic acids is 1. The maximum atomic E-state index is 12.3. The normalized spacial score (nSPS) is 16.6. The van der Waals surface area contributed by atoms with E-state index in [4.69, 9.17) is 50.8 Å². The van der Waals surface area contributed by atoms with Gasteiger partial charge < -0.3 is 9.73 Å². The molecule has 1 fully saturated rings. The maximum absolute atomic E-state index is 12.3. The second-order valence-electron chi connectivity index (χ2n) is 5.90. The molecule has 1 saturated heterocycles. The van der Waals surface area contributed by atoms with Gasteiger partial charge in [0.25, 0.3) is 5.91 Å². The Morgan fingerprint density at radius 2 is 1.69 bits per heavy atom. The van der Waals surface area contributed by atoms with Crippen molar-refractivity contribution in [2.45, 2.75) is 0 Å². The van der Waals surface area contributed by atoms with Gasteiger partial charge in [0.05, 0.1) is 20.6 Å². The molecule has 146 valence electrons. The van der Waals surface area contributed by atoms with Crippen LogP contribution in [0.1, 0.15) is 5.76 Å². The quantitative estimate of drug-likeness (QED) is 0.393. The van der Waals surface area contributed by atoms with E-state index in [9.17, 15) is 4.79 Å². The first-order valence-electron chi connectivity index (χ1n) is 8.19. The number of rotatable bonds is 3. The van der Waals surface area contributed by atoms with Gasteiger partial charge >= 0.3 is 0 Å². The molecule has 0 atom stereocenters. The highest BCUT2D eigenvalue weighted by Gasteiger charge is 2.24. The third-order valence-corrected chi connectivity index (χ3v) is 5.89. The lowest BCUT2D eigenvalue weighted by molar-refractivity contribution is -0.115. The molecule has 0 bridgehead atoms. The van der Waals surface area contributed by atoms with Gasteiger partial charge in [0.2, 0.25) is 0 Å². The number of nitrogens with one attached hydrogen (secondary N) is 1. The Labute approximate surface area is 190 Å². The number of halogens is 4. The number of benzene rings is 2. The highest BCUT2D eigenvalue weighted by molar-refractivity contribution is 8.18. The molecular formula is C20H10Cl4N2O2S. The van der Waals surface area contributed by atoms with E-state index in [-0.39, 0.29) is 5.91 Å². The minimum absolute atomic E-state index is 0.280. The van der Waals surface area contributed by atoms with Gasteiger partial charge in [-0.05, 0) is 60.3 Å². The zero-order valence-electron chi connectivity index (χ0n) is 14.4. The zero-order valence-corrected chi connectivity index (χ0v) is 18.2. The fraction of sp³-hybridized carbons (Fsp3) is 0. The predicted octanol–water partition coefficient (Wildman–Crippen LogP) is 7.45. The first-order chi connectivity index (χ1) is 13.9. The predicted molar refractivity (Wildman–Crippen MR) is 121 cm³/mol. The summed E-state index contributed by atoms with van der Waals surface area (Å²) < 4.78 is 5.81. The van der Waals surface area contributed by atoms with Crippen LogP contribution in [0.5, 0.6) is 0 Å². The molecule has 1 aliphatic heterocycles. The van der Waals surface area contributed by atoms with Crippen LogP contribution in [0.2, 0.25) is 20.1 Å². The molecule has 1 N–H and O–H groups in total. The van der Waals surface area contributed by atoms with E-state index in [0.717, 1.165) is 0 Å². The first kappa shape index (κ1) is 20.4. The van der Waals surface area contributed by atoms with Crippen LogP contribution in [0.25, 0.3) is 17.4 Å². The Morgan fingerprint density at radius 3 is 2.48 bits per heavy atom. The largest absolute Gasteiger partial charge is 0.457 e. The molecule has 2 heterocycles. The Hall–Kier alpha value is -1.89. The number of aliphatic imine (C=N–C) groups is 1. The minimum Gasteiger partial charge on any atom is -0.457 e. The molecule has 3 aromatic rings. The van der Waals surface area contributed by atoms with E-state index in [1.807, 2.05) is 0 Å². The molecular weight excluding hydrogens is 474 g/mol. The average Bonchev–Trinajstić information content (AvgIpc) is 3.27. The number of amidine groups is 1. The zero-order chi connectivity index (χ0) is 20.5. The van der Waals surface area contributed by atoms with E-state index in [1.54, 1.807) is 54.6 Å². The number of furan rings is 1. The van der Waals surface area contributed by atoms with Gasteiger partial charge in [0.15, 0.2) is 5.17 Å². The second kappa shape index (κ2) is 8.46. The van der Waals surface area contributed by atoms with Gasteiger partial charge in [-0.1, -0.05) is 46.4 Å². The fourth-order valence-corrected chi connectivity index (χ4v) is 4.20. The molecule has 2 aromatic carbocycles. The molecule has 0 radical (unpaired) electrons. The van der Waals surface area contributed by atoms with Crippen LogP contribution >= 0.6 is 58.2 Å². The number of amides is 1. The van der Waals surface area contributed by atoms with Crippen molar-refractivity contribution in [2.24, 2.45) is 4.99 Å². The molecule has 1 aromatic heterocycles. The van der Waals surface area contributed by atoms with Crippen LogP contribution in [0.3, 0.4) is 0 Å². The number of thioether (sulfide) groups is 1. The van der Waals surface area contributed by atoms with Gasteiger partial charge in [-0.25, -0.2) is 4.99 Å². The number of nitrogens with zero attached hydrogens (tertiary/aromatic N) is 1. The number of carbonyl (C=O) groups is 1. The monoisotopic (exact) mass is 482 g/mol. The highest BCUT2D eigenvalue weighted by atomic mass is 35.5. The van der Waals surface area contributed by atoms with Crippen LogP contribution in [0.4, 0.5) is 5.69 Å². The molecule has 9 heteroatoms. The third kappa shape index (κ3) is 4.65. The van der Waals surface area contributed by atoms with Crippen LogP contribution in [0.15, 0.2) is 62.8 Å². The van der Waals surface area contributed by atoms with Gasteiger partial charge in [0, 0.05) is 21.7 Å². The summed E-state index contributed by atoms with van der Waals surface area (Å²) in [5.41, 5.74) is 1.18. The van der Waals surface area contributed by atoms with Crippen molar-refractivity contribution in [2.75, 3.05) is 0 Å². The summed E-state index contributed by atoms with van der Waals surface area (Å²) in [5.74, 6) is 0.770. The lowest BCUT2D eigenvalue weighted by atomic mass is 10.2. The summed E-state index contributed by atoms with van der Waals surface area (Å²) in [6, 6.07) is 13.6. The Morgan fingerprint density at radius 1 is 0.931 bits per heavy atom. The average molecular weight is 484 g/mol. The first-order valence-corrected chi connectivity index (χ1v) is 10.5. The van der Waals surface area contributed by atoms with Crippen molar-refractivity contribution in [1.29, 1.82) is 0 Å². The van der Waals surface area contributed by atoms with Crippen LogP contribution in [-0.4, -0.2) is 11.1 Å². The fourth-order valence-electron chi connectivity index (χ4n) is 2.55. The molecule has 0 unspecified atom stereocenters. The van der Waals surface area contributed by atoms with Gasteiger partial charge in [-0.2, -0.15) is 0 Å². The molecule has 1 aliphatic rings. The lowest BCUT2D eigenvalue weighted by Crippen LogP contribution is -2.19. The van der Waals surface area contributed by atoms with Gasteiger partial charge in [-0.3, -0.25) is 4.79 Å². The summed E-state index contributed by atoms with van der Waals surface area (Å²) in [6.45, 7) is 0. The molecule has 0 aliphatic carbocycles. The maximum Gasteiger partial charge on any atom is 0.264 e. The molecule has 29 heavy (non-hydrogen) atoms. The summed E-state index contributed by atoms with van der Waals surface area (Å²) in [4.78, 5) is 17.1. The third-order valence-electron chi connectivity index (χ3n) is 3.88. The molecule has 4 nitrogen and oxygen atoms in total. The topological polar surface area (TPSA) is 54.6 Å². The SMILES string of the molecule is O=C1NC(=Nc2ccc(Cl)cc2Cl)S/C1=C/c1ccc(-c2cc(Cl)ccc2Cl)o1. The van der Waals surface area contributed by atoms with Crippen molar-refractivity contribution in [3.05, 3.63) is 79.3 Å². The smallest absolute Gasteiger partial charge is 0.264 e. The standard InChI is InChI=1S/C20H10Cl4N2O2S/c21-10-1-4-14(23)13(7-10)17-6-3-12(28-17)9-18-19(27)26-20(29-18)25-16-5-2-11(22)8-15(16)24/h1-9H,(H,25,26,27)/b18-9+. The van der Waals surface area contributed by atoms with Crippen molar-refractivity contribution < 1.29 is 9.21 Å². The molecule has 1 amide bonds. The van der Waals surface area contributed by atoms with Crippen molar-refractivity contribution in [3.63, 3.8) is 0 Å². The summed E-state index contributed by atoms with van der Waals surface area (Å²) >= 11 is 25.5. The molecule has 0 spiro atoms. The van der Waals surface area contributed by atoms with Crippen molar-refractivity contribution in [1.82, 2.24) is 5.32 Å². The van der Waals surface area contributed by atoms with E-state index in [2.05, 4.69) is 10.3 Å². The van der Waals surface area contributed by atoms with Crippen LogP contribution in [-0.2, 0) is 4.79 Å².